The van der Waals surface area contributed by atoms with Crippen LogP contribution in [0.1, 0.15) is 57.8 Å². The second-order valence-corrected chi connectivity index (χ2v) is 8.76. The first-order chi connectivity index (χ1) is 12.1. The third-order valence-electron chi connectivity index (χ3n) is 6.13. The lowest BCUT2D eigenvalue weighted by Crippen LogP contribution is -2.56. The summed E-state index contributed by atoms with van der Waals surface area (Å²) in [4.78, 5) is 12.4. The quantitative estimate of drug-likeness (QED) is 0.668. The Balaban J connectivity index is 1.35. The van der Waals surface area contributed by atoms with Crippen LogP contribution in [0.4, 0.5) is 0 Å². The minimum Gasteiger partial charge on any atom is -0.339 e. The number of hydrogen-bond acceptors (Lipinski definition) is 4. The van der Waals surface area contributed by atoms with Gasteiger partial charge in [-0.3, -0.25) is 10.1 Å². The monoisotopic (exact) mass is 366 g/mol. The van der Waals surface area contributed by atoms with Gasteiger partial charge in [0.05, 0.1) is 24.2 Å². The van der Waals surface area contributed by atoms with E-state index in [1.165, 1.54) is 38.5 Å². The van der Waals surface area contributed by atoms with Crippen molar-refractivity contribution in [2.45, 2.75) is 75.4 Å². The van der Waals surface area contributed by atoms with Crippen LogP contribution in [0.15, 0.2) is 0 Å². The van der Waals surface area contributed by atoms with E-state index in [0.29, 0.717) is 17.8 Å². The number of rotatable bonds is 4. The number of carbonyl (C=O) groups is 1. The summed E-state index contributed by atoms with van der Waals surface area (Å²) in [5.74, 6) is 1.62. The van der Waals surface area contributed by atoms with Crippen LogP contribution in [0.2, 0.25) is 0 Å². The molecule has 0 spiro atoms. The molecule has 2 saturated heterocycles. The van der Waals surface area contributed by atoms with Crippen LogP contribution in [0, 0.1) is 29.1 Å². The van der Waals surface area contributed by atoms with Crippen LogP contribution in [-0.4, -0.2) is 36.6 Å². The van der Waals surface area contributed by atoms with Gasteiger partial charge in [-0.25, -0.2) is 0 Å². The molecule has 6 atom stereocenters. The molecule has 3 N–H and O–H groups in total. The fourth-order valence-electron chi connectivity index (χ4n) is 4.61. The number of nitrogens with one attached hydrogen (secondary N) is 3. The predicted molar refractivity (Wildman–Crippen MR) is 99.0 cm³/mol. The molecular formula is C19H31ClN4O. The molecular weight excluding hydrogens is 336 g/mol. The van der Waals surface area contributed by atoms with Crippen LogP contribution < -0.4 is 16.0 Å². The van der Waals surface area contributed by atoms with Crippen molar-refractivity contribution in [3.63, 3.8) is 0 Å². The fraction of sp³-hybridized carbons (Fsp3) is 0.895. The van der Waals surface area contributed by atoms with Gasteiger partial charge in [0.15, 0.2) is 0 Å². The molecule has 0 aromatic rings. The maximum Gasteiger partial charge on any atom is 0.238 e. The van der Waals surface area contributed by atoms with Gasteiger partial charge in [0.2, 0.25) is 5.91 Å². The first-order valence-electron chi connectivity index (χ1n) is 9.95. The molecule has 3 fully saturated rings. The average molecular weight is 367 g/mol. The van der Waals surface area contributed by atoms with Crippen molar-refractivity contribution < 1.29 is 4.79 Å². The van der Waals surface area contributed by atoms with Gasteiger partial charge in [0.25, 0.3) is 0 Å². The molecule has 1 saturated carbocycles. The summed E-state index contributed by atoms with van der Waals surface area (Å²) in [6, 6.07) is 2.12. The van der Waals surface area contributed by atoms with Gasteiger partial charge in [0, 0.05) is 11.9 Å². The Labute approximate surface area is 156 Å². The molecule has 25 heavy (non-hydrogen) atoms. The van der Waals surface area contributed by atoms with Gasteiger partial charge in [-0.2, -0.15) is 5.26 Å². The Kier molecular flexibility index (Phi) is 6.98. The standard InChI is InChI=1S/C19H31ClN4O/c20-16-3-1-2-13(9-16)8-14-5-7-18(23-11-14)24-19(25)17-6-4-15(10-21)12-22-17/h13-18,22-23H,1-9,11-12H2,(H,24,25). The third kappa shape index (κ3) is 5.57. The van der Waals surface area contributed by atoms with Crippen LogP contribution in [0.25, 0.3) is 0 Å². The number of hydrogen-bond donors (Lipinski definition) is 3. The number of halogens is 1. The highest BCUT2D eigenvalue weighted by molar-refractivity contribution is 6.20. The highest BCUT2D eigenvalue weighted by Crippen LogP contribution is 2.33. The fourth-order valence-corrected chi connectivity index (χ4v) is 5.02. The second kappa shape index (κ2) is 9.21. The van der Waals surface area contributed by atoms with E-state index in [1.807, 2.05) is 0 Å². The molecule has 3 aliphatic rings. The van der Waals surface area contributed by atoms with E-state index in [2.05, 4.69) is 22.0 Å². The molecule has 140 valence electrons. The number of carbonyl (C=O) groups excluding carboxylic acids is 1. The Morgan fingerprint density at radius 2 is 1.96 bits per heavy atom. The van der Waals surface area contributed by atoms with Crippen molar-refractivity contribution in [2.75, 3.05) is 13.1 Å². The van der Waals surface area contributed by atoms with E-state index >= 15 is 0 Å². The minimum atomic E-state index is -0.146. The van der Waals surface area contributed by atoms with Crippen molar-refractivity contribution >= 4 is 17.5 Å². The molecule has 3 rings (SSSR count). The van der Waals surface area contributed by atoms with E-state index in [4.69, 9.17) is 16.9 Å². The Bertz CT molecular complexity index is 478. The van der Waals surface area contributed by atoms with Gasteiger partial charge < -0.3 is 10.6 Å². The first-order valence-corrected chi connectivity index (χ1v) is 10.4. The van der Waals surface area contributed by atoms with Crippen molar-refractivity contribution in [1.82, 2.24) is 16.0 Å². The summed E-state index contributed by atoms with van der Waals surface area (Å²) in [6.45, 7) is 1.61. The molecule has 6 heteroatoms. The third-order valence-corrected chi connectivity index (χ3v) is 6.53. The number of nitrogens with zero attached hydrogens (tertiary/aromatic N) is 1. The topological polar surface area (TPSA) is 77.0 Å². The van der Waals surface area contributed by atoms with Crippen LogP contribution >= 0.6 is 11.6 Å². The molecule has 0 aromatic carbocycles. The lowest BCUT2D eigenvalue weighted by atomic mass is 9.80. The van der Waals surface area contributed by atoms with Gasteiger partial charge in [-0.1, -0.05) is 12.8 Å². The molecule has 0 radical (unpaired) electrons. The van der Waals surface area contributed by atoms with E-state index in [-0.39, 0.29) is 24.0 Å². The normalized spacial score (nSPS) is 39.4. The highest BCUT2D eigenvalue weighted by atomic mass is 35.5. The van der Waals surface area contributed by atoms with E-state index < -0.39 is 0 Å². The maximum atomic E-state index is 12.4. The molecule has 5 nitrogen and oxygen atoms in total. The lowest BCUT2D eigenvalue weighted by Gasteiger charge is -2.35. The van der Waals surface area contributed by atoms with Gasteiger partial charge in [-0.15, -0.1) is 11.6 Å². The first kappa shape index (κ1) is 18.9. The summed E-state index contributed by atoms with van der Waals surface area (Å²) in [5.41, 5.74) is 0. The maximum absolute atomic E-state index is 12.4. The second-order valence-electron chi connectivity index (χ2n) is 8.14. The largest absolute Gasteiger partial charge is 0.339 e. The van der Waals surface area contributed by atoms with Crippen molar-refractivity contribution in [2.24, 2.45) is 17.8 Å². The zero-order valence-electron chi connectivity index (χ0n) is 15.0. The van der Waals surface area contributed by atoms with Gasteiger partial charge in [0.1, 0.15) is 0 Å². The smallest absolute Gasteiger partial charge is 0.238 e. The van der Waals surface area contributed by atoms with E-state index in [1.54, 1.807) is 0 Å². The summed E-state index contributed by atoms with van der Waals surface area (Å²) in [5, 5.41) is 19.2. The summed E-state index contributed by atoms with van der Waals surface area (Å²) < 4.78 is 0. The minimum absolute atomic E-state index is 0.0463. The highest BCUT2D eigenvalue weighted by Gasteiger charge is 2.30. The zero-order chi connectivity index (χ0) is 17.6. The lowest BCUT2D eigenvalue weighted by molar-refractivity contribution is -0.125. The molecule has 0 aromatic heterocycles. The van der Waals surface area contributed by atoms with Gasteiger partial charge in [-0.05, 0) is 63.3 Å². The number of nitriles is 1. The van der Waals surface area contributed by atoms with Crippen molar-refractivity contribution in [3.05, 3.63) is 0 Å². The Morgan fingerprint density at radius 1 is 1.08 bits per heavy atom. The van der Waals surface area contributed by atoms with E-state index in [9.17, 15) is 4.79 Å². The summed E-state index contributed by atoms with van der Waals surface area (Å²) in [7, 11) is 0. The van der Waals surface area contributed by atoms with Crippen molar-refractivity contribution in [1.29, 1.82) is 5.26 Å². The molecule has 6 unspecified atom stereocenters. The Hall–Kier alpha value is -0.830. The molecule has 0 bridgehead atoms. The molecule has 2 heterocycles. The molecule has 2 aliphatic heterocycles. The Morgan fingerprint density at radius 3 is 2.60 bits per heavy atom. The summed E-state index contributed by atoms with van der Waals surface area (Å²) >= 11 is 6.31. The van der Waals surface area contributed by atoms with Crippen molar-refractivity contribution in [3.8, 4) is 6.07 Å². The number of piperidine rings is 2. The SMILES string of the molecule is N#CC1CCC(C(=O)NC2CCC(CC3CCCC(Cl)C3)CN2)NC1. The van der Waals surface area contributed by atoms with Crippen LogP contribution in [0.3, 0.4) is 0 Å². The molecule has 1 aliphatic carbocycles. The van der Waals surface area contributed by atoms with E-state index in [0.717, 1.165) is 31.7 Å². The summed E-state index contributed by atoms with van der Waals surface area (Å²) in [6.07, 6.45) is 10.1. The number of alkyl halides is 1. The number of amides is 1. The van der Waals surface area contributed by atoms with Gasteiger partial charge >= 0.3 is 0 Å². The molecule has 1 amide bonds. The zero-order valence-corrected chi connectivity index (χ0v) is 15.7. The average Bonchev–Trinajstić information content (AvgIpc) is 2.63. The predicted octanol–water partition coefficient (Wildman–Crippen LogP) is 2.51. The van der Waals surface area contributed by atoms with Crippen LogP contribution in [0.5, 0.6) is 0 Å². The van der Waals surface area contributed by atoms with Crippen LogP contribution in [-0.2, 0) is 4.79 Å².